The van der Waals surface area contributed by atoms with Gasteiger partial charge in [0.25, 0.3) is 6.43 Å². The van der Waals surface area contributed by atoms with E-state index in [1.807, 2.05) is 6.07 Å². The van der Waals surface area contributed by atoms with E-state index in [1.165, 1.54) is 29.9 Å². The number of rotatable bonds is 11. The third-order valence-electron chi connectivity index (χ3n) is 9.13. The minimum atomic E-state index is -3.91. The van der Waals surface area contributed by atoms with E-state index in [1.54, 1.807) is 25.3 Å². The Kier molecular flexibility index (Phi) is 11.0. The molecule has 1 aromatic heterocycles. The molecule has 5 rings (SSSR count). The lowest BCUT2D eigenvalue weighted by atomic mass is 9.88. The number of hydrogen-bond donors (Lipinski definition) is 3. The number of alkyl halides is 3. The summed E-state index contributed by atoms with van der Waals surface area (Å²) < 4.78 is 77.6. The van der Waals surface area contributed by atoms with E-state index < -0.39 is 29.2 Å². The molecule has 1 aliphatic heterocycles. The van der Waals surface area contributed by atoms with Crippen molar-refractivity contribution in [3.63, 3.8) is 0 Å². The summed E-state index contributed by atoms with van der Waals surface area (Å²) in [6, 6.07) is 10.4. The smallest absolute Gasteiger partial charge is 0.261 e. The summed E-state index contributed by atoms with van der Waals surface area (Å²) in [6.45, 7) is 0.960. The van der Waals surface area contributed by atoms with Crippen molar-refractivity contribution in [1.29, 1.82) is 0 Å². The van der Waals surface area contributed by atoms with Crippen molar-refractivity contribution < 1.29 is 31.1 Å². The zero-order chi connectivity index (χ0) is 32.8. The van der Waals surface area contributed by atoms with Crippen molar-refractivity contribution in [2.24, 2.45) is 5.14 Å². The van der Waals surface area contributed by atoms with Crippen molar-refractivity contribution in [2.75, 3.05) is 51.2 Å². The molecular weight excluding hydrogens is 619 g/mol. The first-order valence-corrected chi connectivity index (χ1v) is 17.1. The zero-order valence-electron chi connectivity index (χ0n) is 26.1. The van der Waals surface area contributed by atoms with Gasteiger partial charge in [-0.3, -0.25) is 0 Å². The molecule has 0 bridgehead atoms. The van der Waals surface area contributed by atoms with Gasteiger partial charge in [0.15, 0.2) is 0 Å². The fourth-order valence-corrected chi connectivity index (χ4v) is 7.16. The summed E-state index contributed by atoms with van der Waals surface area (Å²) in [5, 5.41) is 12.6. The highest BCUT2D eigenvalue weighted by Crippen LogP contribution is 2.35. The van der Waals surface area contributed by atoms with Gasteiger partial charge in [0.05, 0.1) is 41.6 Å². The first kappa shape index (κ1) is 33.9. The summed E-state index contributed by atoms with van der Waals surface area (Å²) in [5.74, 6) is 6.12. The van der Waals surface area contributed by atoms with E-state index in [0.29, 0.717) is 28.7 Å². The topological polar surface area (TPSA) is 111 Å². The fourth-order valence-electron chi connectivity index (χ4n) is 6.63. The van der Waals surface area contributed by atoms with Gasteiger partial charge in [0.2, 0.25) is 10.0 Å². The molecule has 1 saturated heterocycles. The van der Waals surface area contributed by atoms with Crippen LogP contribution in [0.25, 0.3) is 10.9 Å². The third kappa shape index (κ3) is 7.74. The maximum absolute atomic E-state index is 14.1. The Morgan fingerprint density at radius 1 is 1.02 bits per heavy atom. The second-order valence-corrected chi connectivity index (χ2v) is 13.4. The Morgan fingerprint density at radius 3 is 2.39 bits per heavy atom. The maximum atomic E-state index is 14.1. The number of sulfonamides is 1. The van der Waals surface area contributed by atoms with Gasteiger partial charge in [-0.1, -0.05) is 12.0 Å². The predicted octanol–water partition coefficient (Wildman–Crippen LogP) is 5.37. The molecule has 3 aromatic rings. The predicted molar refractivity (Wildman–Crippen MR) is 174 cm³/mol. The molecule has 2 aromatic carbocycles. The average molecular weight is 662 g/mol. The monoisotopic (exact) mass is 661 g/mol. The molecule has 4 N–H and O–H groups in total. The number of piperidine rings is 1. The number of likely N-dealkylation sites (tertiary alicyclic amines) is 1. The van der Waals surface area contributed by atoms with Gasteiger partial charge in [-0.15, -0.1) is 0 Å². The van der Waals surface area contributed by atoms with Crippen LogP contribution in [0.3, 0.4) is 0 Å². The third-order valence-corrected chi connectivity index (χ3v) is 10.0. The van der Waals surface area contributed by atoms with Crippen molar-refractivity contribution in [1.82, 2.24) is 9.47 Å². The van der Waals surface area contributed by atoms with Gasteiger partial charge in [0.1, 0.15) is 18.5 Å². The van der Waals surface area contributed by atoms with Crippen LogP contribution in [0.5, 0.6) is 5.75 Å². The van der Waals surface area contributed by atoms with Crippen LogP contribution in [0.1, 0.15) is 50.3 Å². The quantitative estimate of drug-likeness (QED) is 0.237. The van der Waals surface area contributed by atoms with E-state index >= 15 is 0 Å². The Morgan fingerprint density at radius 2 is 1.76 bits per heavy atom. The zero-order valence-corrected chi connectivity index (χ0v) is 27.0. The number of aromatic nitrogens is 1. The maximum Gasteiger partial charge on any atom is 0.261 e. The number of ether oxygens (including phenoxy) is 2. The van der Waals surface area contributed by atoms with E-state index in [9.17, 15) is 21.6 Å². The first-order chi connectivity index (χ1) is 22.1. The average Bonchev–Trinajstić information content (AvgIpc) is 3.42. The summed E-state index contributed by atoms with van der Waals surface area (Å²) in [7, 11) is -0.740. The van der Waals surface area contributed by atoms with E-state index in [-0.39, 0.29) is 28.9 Å². The standard InChI is InChI=1S/C33H42F3N5O4S/c1-44-25-14-17-40(18-15-25)23-10-8-22(9-11-23)39-28-6-3-7-30-27(28)19-24(41(30)31(21-34)33(35)36)5-4-16-38-29-13-12-26(46(37,42)43)20-32(29)45-2/h3,6-7,12-13,19-20,22-23,25,31,33,38-39H,8-11,14-18,21H2,1-2H3,(H2,37,42,43). The molecule has 0 spiro atoms. The molecule has 2 fully saturated rings. The molecule has 2 heterocycles. The molecule has 13 heteroatoms. The summed E-state index contributed by atoms with van der Waals surface area (Å²) in [5.41, 5.74) is 2.04. The number of primary sulfonamides is 1. The Bertz CT molecular complexity index is 1660. The highest BCUT2D eigenvalue weighted by Gasteiger charge is 2.30. The van der Waals surface area contributed by atoms with Crippen LogP contribution in [0, 0.1) is 11.8 Å². The second kappa shape index (κ2) is 15.0. The second-order valence-electron chi connectivity index (χ2n) is 11.9. The molecule has 1 unspecified atom stereocenters. The largest absolute Gasteiger partial charge is 0.495 e. The van der Waals surface area contributed by atoms with Crippen LogP contribution in [0.4, 0.5) is 24.5 Å². The highest BCUT2D eigenvalue weighted by molar-refractivity contribution is 7.89. The number of anilines is 2. The number of benzene rings is 2. The number of fused-ring (bicyclic) bond motifs is 1. The SMILES string of the molecule is COc1cc(S(N)(=O)=O)ccc1NCC#Cc1cc2c(NC3CCC(N4CCC(OC)CC4)CC3)cccc2n1C(CF)C(F)F. The molecule has 0 amide bonds. The molecule has 1 atom stereocenters. The van der Waals surface area contributed by atoms with Gasteiger partial charge in [-0.05, 0) is 74.8 Å². The molecule has 2 aliphatic rings. The van der Waals surface area contributed by atoms with E-state index in [4.69, 9.17) is 14.6 Å². The highest BCUT2D eigenvalue weighted by atomic mass is 32.2. The number of halogens is 3. The van der Waals surface area contributed by atoms with E-state index in [2.05, 4.69) is 27.4 Å². The minimum absolute atomic E-state index is 0.0824. The van der Waals surface area contributed by atoms with Crippen LogP contribution >= 0.6 is 0 Å². The van der Waals surface area contributed by atoms with Crippen molar-refractivity contribution in [3.05, 3.63) is 48.2 Å². The molecule has 1 saturated carbocycles. The Labute approximate surface area is 268 Å². The number of nitrogens with two attached hydrogens (primary N) is 1. The van der Waals surface area contributed by atoms with Gasteiger partial charge < -0.3 is 29.6 Å². The Balaban J connectivity index is 1.33. The molecular formula is C33H42F3N5O4S. The van der Waals surface area contributed by atoms with Crippen molar-refractivity contribution in [3.8, 4) is 17.6 Å². The number of hydrogen-bond acceptors (Lipinski definition) is 7. The van der Waals surface area contributed by atoms with Crippen LogP contribution in [-0.2, 0) is 14.8 Å². The summed E-state index contributed by atoms with van der Waals surface area (Å²) in [4.78, 5) is 2.48. The molecule has 250 valence electrons. The number of nitrogens with zero attached hydrogens (tertiary/aromatic N) is 2. The summed E-state index contributed by atoms with van der Waals surface area (Å²) in [6.07, 6.45) is 3.72. The number of nitrogens with one attached hydrogen (secondary N) is 2. The lowest BCUT2D eigenvalue weighted by molar-refractivity contribution is 0.0205. The van der Waals surface area contributed by atoms with Crippen molar-refractivity contribution >= 4 is 32.3 Å². The molecule has 0 radical (unpaired) electrons. The van der Waals surface area contributed by atoms with Crippen LogP contribution < -0.4 is 20.5 Å². The minimum Gasteiger partial charge on any atom is -0.495 e. The lowest BCUT2D eigenvalue weighted by Crippen LogP contribution is -2.45. The lowest BCUT2D eigenvalue weighted by Gasteiger charge is -2.40. The molecule has 46 heavy (non-hydrogen) atoms. The van der Waals surface area contributed by atoms with Gasteiger partial charge in [-0.2, -0.15) is 0 Å². The van der Waals surface area contributed by atoms with Crippen LogP contribution in [0.2, 0.25) is 0 Å². The molecule has 9 nitrogen and oxygen atoms in total. The van der Waals surface area contributed by atoms with E-state index in [0.717, 1.165) is 57.3 Å². The number of methoxy groups -OCH3 is 2. The van der Waals surface area contributed by atoms with Crippen LogP contribution in [-0.4, -0.2) is 83.0 Å². The van der Waals surface area contributed by atoms with Gasteiger partial charge >= 0.3 is 0 Å². The summed E-state index contributed by atoms with van der Waals surface area (Å²) >= 11 is 0. The van der Waals surface area contributed by atoms with Crippen LogP contribution in [0.15, 0.2) is 47.4 Å². The van der Waals surface area contributed by atoms with Gasteiger partial charge in [-0.25, -0.2) is 26.7 Å². The molecule has 1 aliphatic carbocycles. The van der Waals surface area contributed by atoms with Gasteiger partial charge in [0, 0.05) is 49.4 Å². The normalized spacial score (nSPS) is 20.3. The first-order valence-electron chi connectivity index (χ1n) is 15.6. The van der Waals surface area contributed by atoms with Crippen molar-refractivity contribution in [2.45, 2.75) is 74.1 Å². The fraction of sp³-hybridized carbons (Fsp3) is 0.515. The Hall–Kier alpha value is -3.44.